The third-order valence-electron chi connectivity index (χ3n) is 4.65. The summed E-state index contributed by atoms with van der Waals surface area (Å²) < 4.78 is 0. The molecule has 0 fully saturated rings. The Morgan fingerprint density at radius 2 is 1.72 bits per heavy atom. The molecule has 7 heteroatoms. The number of aromatic nitrogens is 2. The van der Waals surface area contributed by atoms with E-state index < -0.39 is 5.97 Å². The Morgan fingerprint density at radius 1 is 1.00 bits per heavy atom. The molecule has 0 spiro atoms. The van der Waals surface area contributed by atoms with E-state index in [9.17, 15) is 4.79 Å². The lowest BCUT2D eigenvalue weighted by atomic mass is 10.1. The van der Waals surface area contributed by atoms with Crippen LogP contribution in [0.3, 0.4) is 0 Å². The van der Waals surface area contributed by atoms with Gasteiger partial charge in [0.05, 0.1) is 5.56 Å². The van der Waals surface area contributed by atoms with Crippen molar-refractivity contribution in [1.82, 2.24) is 9.97 Å². The predicted octanol–water partition coefficient (Wildman–Crippen LogP) is 4.82. The zero-order chi connectivity index (χ0) is 20.8. The van der Waals surface area contributed by atoms with E-state index in [0.29, 0.717) is 17.3 Å². The number of benzene rings is 2. The van der Waals surface area contributed by atoms with Gasteiger partial charge in [-0.1, -0.05) is 6.07 Å². The molecule has 0 saturated heterocycles. The Bertz CT molecular complexity index is 1000. The third-order valence-corrected chi connectivity index (χ3v) is 4.65. The summed E-state index contributed by atoms with van der Waals surface area (Å²) in [5, 5.41) is 15.6. The van der Waals surface area contributed by atoms with Crippen molar-refractivity contribution in [1.29, 1.82) is 0 Å². The number of carbonyl (C=O) groups is 1. The Hall–Kier alpha value is -3.61. The fraction of sp³-hybridized carbons (Fsp3) is 0.227. The highest BCUT2D eigenvalue weighted by Crippen LogP contribution is 2.26. The van der Waals surface area contributed by atoms with Crippen LogP contribution in [0.4, 0.5) is 28.7 Å². The molecule has 3 rings (SSSR count). The summed E-state index contributed by atoms with van der Waals surface area (Å²) in [5.74, 6) is 0.250. The molecule has 1 heterocycles. The van der Waals surface area contributed by atoms with Crippen LogP contribution in [0.2, 0.25) is 0 Å². The highest BCUT2D eigenvalue weighted by atomic mass is 16.4. The molecule has 0 atom stereocenters. The van der Waals surface area contributed by atoms with E-state index in [0.717, 1.165) is 24.3 Å². The summed E-state index contributed by atoms with van der Waals surface area (Å²) in [5.41, 5.74) is 4.15. The molecule has 2 aromatic carbocycles. The lowest BCUT2D eigenvalue weighted by Gasteiger charge is -2.22. The van der Waals surface area contributed by atoms with Gasteiger partial charge in [-0.3, -0.25) is 0 Å². The average molecular weight is 391 g/mol. The van der Waals surface area contributed by atoms with Gasteiger partial charge in [-0.15, -0.1) is 0 Å². The predicted molar refractivity (Wildman–Crippen MR) is 117 cm³/mol. The first kappa shape index (κ1) is 20.1. The van der Waals surface area contributed by atoms with E-state index in [1.807, 2.05) is 0 Å². The van der Waals surface area contributed by atoms with Crippen molar-refractivity contribution < 1.29 is 9.90 Å². The largest absolute Gasteiger partial charge is 0.478 e. The molecule has 3 N–H and O–H groups in total. The second kappa shape index (κ2) is 9.05. The number of hydrogen-bond acceptors (Lipinski definition) is 6. The number of nitrogens with one attached hydrogen (secondary N) is 2. The van der Waals surface area contributed by atoms with Gasteiger partial charge in [-0.05, 0) is 62.7 Å². The number of anilines is 5. The molecule has 150 valence electrons. The van der Waals surface area contributed by atoms with Crippen molar-refractivity contribution in [3.05, 3.63) is 66.0 Å². The smallest absolute Gasteiger partial charge is 0.335 e. The highest BCUT2D eigenvalue weighted by Gasteiger charge is 2.08. The van der Waals surface area contributed by atoms with E-state index in [2.05, 4.69) is 64.5 Å². The van der Waals surface area contributed by atoms with E-state index in [4.69, 9.17) is 5.11 Å². The van der Waals surface area contributed by atoms with Gasteiger partial charge in [-0.25, -0.2) is 14.8 Å². The van der Waals surface area contributed by atoms with Gasteiger partial charge in [0.15, 0.2) is 0 Å². The summed E-state index contributed by atoms with van der Waals surface area (Å²) >= 11 is 0. The molecule has 1 aromatic heterocycles. The standard InChI is InChI=1S/C22H25N5O2/c1-4-27(5-2)18-9-10-19(15(3)11-18)26-21-13-20(23-14-24-21)25-17-8-6-7-16(12-17)22(28)29/h6-14H,4-5H2,1-3H3,(H,28,29)(H2,23,24,25,26). The van der Waals surface area contributed by atoms with Crippen molar-refractivity contribution in [2.75, 3.05) is 28.6 Å². The van der Waals surface area contributed by atoms with Gasteiger partial charge < -0.3 is 20.6 Å². The monoisotopic (exact) mass is 391 g/mol. The SMILES string of the molecule is CCN(CC)c1ccc(Nc2cc(Nc3cccc(C(=O)O)c3)ncn2)c(C)c1. The van der Waals surface area contributed by atoms with Crippen LogP contribution in [-0.4, -0.2) is 34.1 Å². The Labute approximate surface area is 170 Å². The number of nitrogens with zero attached hydrogens (tertiary/aromatic N) is 3. The van der Waals surface area contributed by atoms with Gasteiger partial charge >= 0.3 is 5.97 Å². The lowest BCUT2D eigenvalue weighted by molar-refractivity contribution is 0.0697. The Kier molecular flexibility index (Phi) is 6.29. The Morgan fingerprint density at radius 3 is 2.38 bits per heavy atom. The minimum Gasteiger partial charge on any atom is -0.478 e. The third kappa shape index (κ3) is 5.01. The quantitative estimate of drug-likeness (QED) is 0.507. The van der Waals surface area contributed by atoms with Gasteiger partial charge in [0, 0.05) is 36.2 Å². The number of carboxylic acid groups (broad SMARTS) is 1. The van der Waals surface area contributed by atoms with Crippen LogP contribution < -0.4 is 15.5 Å². The van der Waals surface area contributed by atoms with Crippen LogP contribution in [-0.2, 0) is 0 Å². The van der Waals surface area contributed by atoms with Crippen LogP contribution in [0.25, 0.3) is 0 Å². The van der Waals surface area contributed by atoms with Crippen LogP contribution in [0.5, 0.6) is 0 Å². The average Bonchev–Trinajstić information content (AvgIpc) is 2.71. The number of aryl methyl sites for hydroxylation is 1. The first-order valence-corrected chi connectivity index (χ1v) is 9.55. The fourth-order valence-electron chi connectivity index (χ4n) is 3.08. The summed E-state index contributed by atoms with van der Waals surface area (Å²) in [6, 6.07) is 14.7. The number of aromatic carboxylic acids is 1. The summed E-state index contributed by atoms with van der Waals surface area (Å²) in [6.07, 6.45) is 1.46. The maximum Gasteiger partial charge on any atom is 0.335 e. The van der Waals surface area contributed by atoms with Crippen LogP contribution in [0.1, 0.15) is 29.8 Å². The second-order valence-corrected chi connectivity index (χ2v) is 6.60. The molecule has 3 aromatic rings. The van der Waals surface area contributed by atoms with Gasteiger partial charge in [-0.2, -0.15) is 0 Å². The minimum atomic E-state index is -0.970. The molecule has 0 bridgehead atoms. The zero-order valence-electron chi connectivity index (χ0n) is 16.8. The topological polar surface area (TPSA) is 90.4 Å². The molecular formula is C22H25N5O2. The summed E-state index contributed by atoms with van der Waals surface area (Å²) in [7, 11) is 0. The molecule has 7 nitrogen and oxygen atoms in total. The van der Waals surface area contributed by atoms with E-state index in [1.54, 1.807) is 30.3 Å². The normalized spacial score (nSPS) is 10.4. The molecule has 0 unspecified atom stereocenters. The van der Waals surface area contributed by atoms with Gasteiger partial charge in [0.2, 0.25) is 0 Å². The van der Waals surface area contributed by atoms with E-state index >= 15 is 0 Å². The number of rotatable bonds is 8. The van der Waals surface area contributed by atoms with Crippen LogP contribution >= 0.6 is 0 Å². The first-order chi connectivity index (χ1) is 14.0. The summed E-state index contributed by atoms with van der Waals surface area (Å²) in [6.45, 7) is 8.28. The van der Waals surface area contributed by atoms with Crippen molar-refractivity contribution >= 4 is 34.7 Å². The maximum absolute atomic E-state index is 11.1. The molecule has 0 amide bonds. The van der Waals surface area contributed by atoms with E-state index in [-0.39, 0.29) is 5.56 Å². The highest BCUT2D eigenvalue weighted by molar-refractivity contribution is 5.89. The zero-order valence-corrected chi connectivity index (χ0v) is 16.8. The molecule has 0 aliphatic carbocycles. The molecule has 0 aliphatic heterocycles. The van der Waals surface area contributed by atoms with Crippen molar-refractivity contribution in [3.63, 3.8) is 0 Å². The lowest BCUT2D eigenvalue weighted by Crippen LogP contribution is -2.21. The van der Waals surface area contributed by atoms with Crippen molar-refractivity contribution in [2.45, 2.75) is 20.8 Å². The molecular weight excluding hydrogens is 366 g/mol. The van der Waals surface area contributed by atoms with Gasteiger partial charge in [0.1, 0.15) is 18.0 Å². The molecule has 0 aliphatic rings. The second-order valence-electron chi connectivity index (χ2n) is 6.60. The fourth-order valence-corrected chi connectivity index (χ4v) is 3.08. The molecule has 0 radical (unpaired) electrons. The van der Waals surface area contributed by atoms with Gasteiger partial charge in [0.25, 0.3) is 0 Å². The minimum absolute atomic E-state index is 0.214. The number of hydrogen-bond donors (Lipinski definition) is 3. The summed E-state index contributed by atoms with van der Waals surface area (Å²) in [4.78, 5) is 21.9. The molecule has 29 heavy (non-hydrogen) atoms. The Balaban J connectivity index is 1.76. The van der Waals surface area contributed by atoms with Crippen LogP contribution in [0, 0.1) is 6.92 Å². The number of carboxylic acids is 1. The maximum atomic E-state index is 11.1. The van der Waals surface area contributed by atoms with Crippen molar-refractivity contribution in [2.24, 2.45) is 0 Å². The van der Waals surface area contributed by atoms with Crippen molar-refractivity contribution in [3.8, 4) is 0 Å². The first-order valence-electron chi connectivity index (χ1n) is 9.55. The van der Waals surface area contributed by atoms with Crippen LogP contribution in [0.15, 0.2) is 54.9 Å². The van der Waals surface area contributed by atoms with E-state index in [1.165, 1.54) is 12.0 Å². The molecule has 0 saturated carbocycles.